The summed E-state index contributed by atoms with van der Waals surface area (Å²) < 4.78 is 11.3. The molecule has 1 saturated carbocycles. The molecule has 4 nitrogen and oxygen atoms in total. The van der Waals surface area contributed by atoms with E-state index < -0.39 is 0 Å². The molecular formula is C15H25NO3. The second-order valence-corrected chi connectivity index (χ2v) is 6.37. The van der Waals surface area contributed by atoms with Crippen LogP contribution in [0.3, 0.4) is 0 Å². The topological polar surface area (TPSA) is 47.9 Å². The van der Waals surface area contributed by atoms with Gasteiger partial charge in [0, 0.05) is 6.42 Å². The van der Waals surface area contributed by atoms with Gasteiger partial charge in [-0.1, -0.05) is 26.2 Å². The van der Waals surface area contributed by atoms with Gasteiger partial charge in [0.25, 0.3) is 0 Å². The summed E-state index contributed by atoms with van der Waals surface area (Å²) in [5.74, 6) is 0.684. The van der Waals surface area contributed by atoms with Crippen molar-refractivity contribution in [3.8, 4) is 0 Å². The van der Waals surface area contributed by atoms with Gasteiger partial charge in [0.15, 0.2) is 5.90 Å². The zero-order valence-corrected chi connectivity index (χ0v) is 12.3. The van der Waals surface area contributed by atoms with Crippen molar-refractivity contribution in [3.05, 3.63) is 0 Å². The molecule has 0 spiro atoms. The van der Waals surface area contributed by atoms with Gasteiger partial charge in [-0.3, -0.25) is 4.79 Å². The Morgan fingerprint density at radius 1 is 1.32 bits per heavy atom. The van der Waals surface area contributed by atoms with Crippen molar-refractivity contribution < 1.29 is 14.3 Å². The van der Waals surface area contributed by atoms with Crippen molar-refractivity contribution in [3.63, 3.8) is 0 Å². The van der Waals surface area contributed by atoms with Crippen LogP contribution in [0.1, 0.15) is 59.3 Å². The number of aliphatic imine (C=N–C) groups is 1. The Bertz CT molecular complexity index is 368. The molecule has 0 saturated heterocycles. The lowest BCUT2D eigenvalue weighted by molar-refractivity contribution is -0.146. The van der Waals surface area contributed by atoms with E-state index in [1.54, 1.807) is 0 Å². The summed E-state index contributed by atoms with van der Waals surface area (Å²) in [5.41, 5.74) is -0.314. The molecule has 0 unspecified atom stereocenters. The first-order valence-corrected chi connectivity index (χ1v) is 7.36. The van der Waals surface area contributed by atoms with Crippen molar-refractivity contribution in [2.75, 3.05) is 13.2 Å². The largest absolute Gasteiger partial charge is 0.478 e. The van der Waals surface area contributed by atoms with Crippen molar-refractivity contribution >= 4 is 11.9 Å². The van der Waals surface area contributed by atoms with E-state index in [2.05, 4.69) is 13.8 Å². The quantitative estimate of drug-likeness (QED) is 0.735. The van der Waals surface area contributed by atoms with Crippen LogP contribution < -0.4 is 0 Å². The molecule has 19 heavy (non-hydrogen) atoms. The molecule has 0 bridgehead atoms. The lowest BCUT2D eigenvalue weighted by Gasteiger charge is -2.35. The summed E-state index contributed by atoms with van der Waals surface area (Å²) >= 11 is 0. The van der Waals surface area contributed by atoms with Gasteiger partial charge in [-0.05, 0) is 26.7 Å². The molecule has 0 atom stereocenters. The van der Waals surface area contributed by atoms with Gasteiger partial charge in [-0.15, -0.1) is 0 Å². The molecular weight excluding hydrogens is 242 g/mol. The molecule has 108 valence electrons. The molecule has 2 aliphatic rings. The maximum atomic E-state index is 11.4. The van der Waals surface area contributed by atoms with E-state index in [0.717, 1.165) is 31.6 Å². The van der Waals surface area contributed by atoms with E-state index in [1.807, 2.05) is 6.92 Å². The van der Waals surface area contributed by atoms with E-state index in [-0.39, 0.29) is 16.9 Å². The Hall–Kier alpha value is -1.06. The number of ether oxygens (including phenoxy) is 2. The van der Waals surface area contributed by atoms with Crippen LogP contribution in [0, 0.1) is 5.41 Å². The maximum absolute atomic E-state index is 11.4. The molecule has 0 aromatic carbocycles. The van der Waals surface area contributed by atoms with Gasteiger partial charge in [0.1, 0.15) is 13.2 Å². The van der Waals surface area contributed by atoms with Crippen LogP contribution in [-0.4, -0.2) is 30.6 Å². The van der Waals surface area contributed by atoms with Crippen LogP contribution in [0.15, 0.2) is 4.99 Å². The molecule has 1 fully saturated rings. The minimum absolute atomic E-state index is 0.136. The predicted molar refractivity (Wildman–Crippen MR) is 74.2 cm³/mol. The summed E-state index contributed by atoms with van der Waals surface area (Å²) in [4.78, 5) is 16.2. The van der Waals surface area contributed by atoms with E-state index in [1.165, 1.54) is 6.42 Å². The highest BCUT2D eigenvalue weighted by Gasteiger charge is 2.44. The van der Waals surface area contributed by atoms with Gasteiger partial charge in [0.2, 0.25) is 0 Å². The number of hydrogen-bond acceptors (Lipinski definition) is 4. The Labute approximate surface area is 115 Å². The maximum Gasteiger partial charge on any atom is 0.305 e. The van der Waals surface area contributed by atoms with Crippen LogP contribution >= 0.6 is 0 Å². The number of esters is 1. The highest BCUT2D eigenvalue weighted by Crippen LogP contribution is 2.41. The summed E-state index contributed by atoms with van der Waals surface area (Å²) in [6.07, 6.45) is 6.02. The number of hydrogen-bond donors (Lipinski definition) is 0. The average molecular weight is 267 g/mol. The molecule has 1 aliphatic carbocycles. The monoisotopic (exact) mass is 267 g/mol. The summed E-state index contributed by atoms with van der Waals surface area (Å²) in [6.45, 7) is 7.03. The fraction of sp³-hybridized carbons (Fsp3) is 0.867. The van der Waals surface area contributed by atoms with Crippen LogP contribution in [0.25, 0.3) is 0 Å². The van der Waals surface area contributed by atoms with Crippen molar-refractivity contribution in [2.24, 2.45) is 10.4 Å². The molecule has 0 amide bonds. The van der Waals surface area contributed by atoms with Crippen LogP contribution in [0.5, 0.6) is 0 Å². The number of nitrogens with zero attached hydrogens (tertiary/aromatic N) is 1. The molecule has 1 aliphatic heterocycles. The smallest absolute Gasteiger partial charge is 0.305 e. The van der Waals surface area contributed by atoms with Gasteiger partial charge in [0.05, 0.1) is 11.0 Å². The molecule has 0 N–H and O–H groups in total. The second kappa shape index (κ2) is 5.51. The van der Waals surface area contributed by atoms with Gasteiger partial charge < -0.3 is 9.47 Å². The van der Waals surface area contributed by atoms with Gasteiger partial charge in [-0.2, -0.15) is 0 Å². The average Bonchev–Trinajstić information content (AvgIpc) is 2.78. The molecule has 0 radical (unpaired) electrons. The molecule has 2 rings (SSSR count). The van der Waals surface area contributed by atoms with E-state index in [4.69, 9.17) is 14.5 Å². The summed E-state index contributed by atoms with van der Waals surface area (Å²) in [5, 5.41) is 0. The first-order chi connectivity index (χ1) is 8.97. The van der Waals surface area contributed by atoms with E-state index >= 15 is 0 Å². The Morgan fingerprint density at radius 3 is 2.53 bits per heavy atom. The third-order valence-corrected chi connectivity index (χ3v) is 4.03. The molecule has 4 heteroatoms. The molecule has 0 aromatic rings. The van der Waals surface area contributed by atoms with Crippen LogP contribution in [-0.2, 0) is 14.3 Å². The fourth-order valence-corrected chi connectivity index (χ4v) is 2.83. The lowest BCUT2D eigenvalue weighted by Crippen LogP contribution is -2.39. The minimum Gasteiger partial charge on any atom is -0.478 e. The molecule has 1 heterocycles. The molecule has 0 aromatic heterocycles. The predicted octanol–water partition coefficient (Wildman–Crippen LogP) is 3.10. The van der Waals surface area contributed by atoms with Gasteiger partial charge in [-0.25, -0.2) is 4.99 Å². The Kier molecular flexibility index (Phi) is 4.16. The Morgan fingerprint density at radius 2 is 2.00 bits per heavy atom. The fourth-order valence-electron chi connectivity index (χ4n) is 2.83. The van der Waals surface area contributed by atoms with Crippen molar-refractivity contribution in [2.45, 2.75) is 64.8 Å². The number of carbonyl (C=O) groups excluding carboxylic acids is 1. The SMILES string of the molecule is CCC(=O)OCC1(C2=NC(C)(C)CO2)CCCCC1. The highest BCUT2D eigenvalue weighted by molar-refractivity contribution is 5.85. The Balaban J connectivity index is 2.13. The third-order valence-electron chi connectivity index (χ3n) is 4.03. The zero-order chi connectivity index (χ0) is 13.9. The van der Waals surface area contributed by atoms with Gasteiger partial charge >= 0.3 is 5.97 Å². The van der Waals surface area contributed by atoms with E-state index in [9.17, 15) is 4.79 Å². The van der Waals surface area contributed by atoms with Crippen molar-refractivity contribution in [1.82, 2.24) is 0 Å². The van der Waals surface area contributed by atoms with Crippen molar-refractivity contribution in [1.29, 1.82) is 0 Å². The van der Waals surface area contributed by atoms with Crippen LogP contribution in [0.4, 0.5) is 0 Å². The third kappa shape index (κ3) is 3.28. The van der Waals surface area contributed by atoms with Crippen LogP contribution in [0.2, 0.25) is 0 Å². The zero-order valence-electron chi connectivity index (χ0n) is 12.3. The number of carbonyl (C=O) groups is 1. The number of rotatable bonds is 4. The normalized spacial score (nSPS) is 24.5. The standard InChI is InChI=1S/C15H25NO3/c1-4-12(17)18-11-15(8-6-5-7-9-15)13-16-14(2,3)10-19-13/h4-11H2,1-3H3. The van der Waals surface area contributed by atoms with E-state index in [0.29, 0.717) is 19.6 Å². The summed E-state index contributed by atoms with van der Waals surface area (Å²) in [7, 11) is 0. The second-order valence-electron chi connectivity index (χ2n) is 6.37. The first-order valence-electron chi connectivity index (χ1n) is 7.36. The highest BCUT2D eigenvalue weighted by atomic mass is 16.5. The minimum atomic E-state index is -0.170. The first kappa shape index (κ1) is 14.4. The lowest BCUT2D eigenvalue weighted by atomic mass is 9.74. The summed E-state index contributed by atoms with van der Waals surface area (Å²) in [6, 6.07) is 0.